The van der Waals surface area contributed by atoms with Crippen molar-refractivity contribution in [1.82, 2.24) is 0 Å². The maximum Gasteiger partial charge on any atom is 0.420 e. The topological polar surface area (TPSA) is 33.0 Å². The number of nitrogens with zero attached hydrogens (tertiary/aromatic N) is 1. The van der Waals surface area contributed by atoms with Crippen LogP contribution in [0.2, 0.25) is 0 Å². The Labute approximate surface area is 98.8 Å². The van der Waals surface area contributed by atoms with Gasteiger partial charge in [-0.3, -0.25) is 0 Å². The minimum absolute atomic E-state index is 0.0777. The Morgan fingerprint density at radius 3 is 2.50 bits per heavy atom. The van der Waals surface area contributed by atoms with Gasteiger partial charge in [0, 0.05) is 0 Å². The lowest BCUT2D eigenvalue weighted by atomic mass is 10.1. The molecule has 1 rings (SSSR count). The standard InChI is InChI=1S/C10H7BrF3NO/c1-16-9-7(10(12,13)14)4-6(2-3-15)5-8(9)11/h4-5H,2H2,1H3. The summed E-state index contributed by atoms with van der Waals surface area (Å²) >= 11 is 2.99. The first kappa shape index (κ1) is 12.8. The summed E-state index contributed by atoms with van der Waals surface area (Å²) < 4.78 is 42.8. The first-order valence-electron chi connectivity index (χ1n) is 4.20. The highest BCUT2D eigenvalue weighted by molar-refractivity contribution is 9.10. The Kier molecular flexibility index (Phi) is 3.81. The molecule has 0 unspecified atom stereocenters. The van der Waals surface area contributed by atoms with Gasteiger partial charge in [-0.15, -0.1) is 0 Å². The predicted molar refractivity (Wildman–Crippen MR) is 55.0 cm³/mol. The highest BCUT2D eigenvalue weighted by Crippen LogP contribution is 2.41. The van der Waals surface area contributed by atoms with Gasteiger partial charge >= 0.3 is 6.18 Å². The van der Waals surface area contributed by atoms with Crippen LogP contribution in [0.4, 0.5) is 13.2 Å². The Hall–Kier alpha value is -1.22. The van der Waals surface area contributed by atoms with Crippen molar-refractivity contribution in [1.29, 1.82) is 5.26 Å². The molecule has 86 valence electrons. The first-order chi connectivity index (χ1) is 7.40. The summed E-state index contributed by atoms with van der Waals surface area (Å²) in [6.45, 7) is 0. The van der Waals surface area contributed by atoms with Gasteiger partial charge in [0.2, 0.25) is 0 Å². The number of ether oxygens (including phenoxy) is 1. The van der Waals surface area contributed by atoms with Crippen LogP contribution in [0.15, 0.2) is 16.6 Å². The molecule has 0 aliphatic rings. The van der Waals surface area contributed by atoms with Crippen molar-refractivity contribution < 1.29 is 17.9 Å². The Morgan fingerprint density at radius 1 is 1.44 bits per heavy atom. The van der Waals surface area contributed by atoms with Gasteiger partial charge in [0.15, 0.2) is 0 Å². The Bertz CT molecular complexity index is 437. The zero-order chi connectivity index (χ0) is 12.3. The van der Waals surface area contributed by atoms with Gasteiger partial charge in [-0.05, 0) is 33.6 Å². The van der Waals surface area contributed by atoms with E-state index < -0.39 is 11.7 Å². The third-order valence-corrected chi connectivity index (χ3v) is 2.49. The van der Waals surface area contributed by atoms with Gasteiger partial charge in [0.05, 0.1) is 29.6 Å². The van der Waals surface area contributed by atoms with Crippen molar-refractivity contribution in [2.75, 3.05) is 7.11 Å². The summed E-state index contributed by atoms with van der Waals surface area (Å²) in [5.74, 6) is -0.269. The minimum Gasteiger partial charge on any atom is -0.495 e. The summed E-state index contributed by atoms with van der Waals surface area (Å²) in [7, 11) is 1.17. The molecule has 0 fully saturated rings. The fourth-order valence-electron chi connectivity index (χ4n) is 1.26. The van der Waals surface area contributed by atoms with Crippen LogP contribution < -0.4 is 4.74 Å². The Balaban J connectivity index is 3.38. The van der Waals surface area contributed by atoms with E-state index in [2.05, 4.69) is 20.7 Å². The first-order valence-corrected chi connectivity index (χ1v) is 5.00. The molecular weight excluding hydrogens is 287 g/mol. The molecule has 1 aromatic carbocycles. The van der Waals surface area contributed by atoms with Crippen molar-refractivity contribution >= 4 is 15.9 Å². The number of rotatable bonds is 2. The quantitative estimate of drug-likeness (QED) is 0.835. The van der Waals surface area contributed by atoms with Gasteiger partial charge in [-0.2, -0.15) is 18.4 Å². The molecule has 2 nitrogen and oxygen atoms in total. The normalized spacial score (nSPS) is 11.0. The lowest BCUT2D eigenvalue weighted by Crippen LogP contribution is -2.08. The van der Waals surface area contributed by atoms with Crippen LogP contribution >= 0.6 is 15.9 Å². The van der Waals surface area contributed by atoms with Crippen molar-refractivity contribution in [3.05, 3.63) is 27.7 Å². The summed E-state index contributed by atoms with van der Waals surface area (Å²) in [5, 5.41) is 8.45. The van der Waals surface area contributed by atoms with E-state index in [9.17, 15) is 13.2 Å². The van der Waals surface area contributed by atoms with Crippen molar-refractivity contribution in [3.8, 4) is 11.8 Å². The lowest BCUT2D eigenvalue weighted by Gasteiger charge is -2.14. The average molecular weight is 294 g/mol. The molecule has 0 radical (unpaired) electrons. The molecule has 0 aliphatic carbocycles. The van der Waals surface area contributed by atoms with Crippen LogP contribution in [-0.4, -0.2) is 7.11 Å². The van der Waals surface area contributed by atoms with Crippen LogP contribution in [0.1, 0.15) is 11.1 Å². The monoisotopic (exact) mass is 293 g/mol. The number of hydrogen-bond acceptors (Lipinski definition) is 2. The summed E-state index contributed by atoms with van der Waals surface area (Å²) in [5.41, 5.74) is -0.586. The molecular formula is C10H7BrF3NO. The molecule has 0 saturated heterocycles. The van der Waals surface area contributed by atoms with Crippen LogP contribution in [0.25, 0.3) is 0 Å². The predicted octanol–water partition coefficient (Wildman–Crippen LogP) is 3.54. The zero-order valence-corrected chi connectivity index (χ0v) is 9.82. The molecule has 0 N–H and O–H groups in total. The SMILES string of the molecule is COc1c(Br)cc(CC#N)cc1C(F)(F)F. The third kappa shape index (κ3) is 2.67. The van der Waals surface area contributed by atoms with Crippen LogP contribution in [0, 0.1) is 11.3 Å². The number of benzene rings is 1. The molecule has 0 atom stereocenters. The van der Waals surface area contributed by atoms with Crippen LogP contribution in [0.3, 0.4) is 0 Å². The molecule has 0 amide bonds. The van der Waals surface area contributed by atoms with Gasteiger partial charge in [0.1, 0.15) is 5.75 Å². The van der Waals surface area contributed by atoms with Gasteiger partial charge in [0.25, 0.3) is 0 Å². The number of nitriles is 1. The lowest BCUT2D eigenvalue weighted by molar-refractivity contribution is -0.138. The van der Waals surface area contributed by atoms with Gasteiger partial charge in [-0.25, -0.2) is 0 Å². The summed E-state index contributed by atoms with van der Waals surface area (Å²) in [6, 6.07) is 4.16. The van der Waals surface area contributed by atoms with E-state index in [0.29, 0.717) is 5.56 Å². The molecule has 0 saturated carbocycles. The second-order valence-corrected chi connectivity index (χ2v) is 3.85. The van der Waals surface area contributed by atoms with Crippen molar-refractivity contribution in [2.45, 2.75) is 12.6 Å². The maximum atomic E-state index is 12.7. The second kappa shape index (κ2) is 4.74. The van der Waals surface area contributed by atoms with E-state index >= 15 is 0 Å². The molecule has 0 aromatic heterocycles. The van der Waals surface area contributed by atoms with E-state index in [1.165, 1.54) is 13.2 Å². The van der Waals surface area contributed by atoms with Crippen molar-refractivity contribution in [3.63, 3.8) is 0 Å². The zero-order valence-electron chi connectivity index (χ0n) is 8.23. The molecule has 0 bridgehead atoms. The fourth-order valence-corrected chi connectivity index (χ4v) is 1.93. The minimum atomic E-state index is -4.50. The smallest absolute Gasteiger partial charge is 0.420 e. The third-order valence-electron chi connectivity index (χ3n) is 1.90. The highest BCUT2D eigenvalue weighted by Gasteiger charge is 2.35. The van der Waals surface area contributed by atoms with E-state index in [1.54, 1.807) is 6.07 Å². The summed E-state index contributed by atoms with van der Waals surface area (Å²) in [4.78, 5) is 0. The fraction of sp³-hybridized carbons (Fsp3) is 0.300. The van der Waals surface area contributed by atoms with Crippen molar-refractivity contribution in [2.24, 2.45) is 0 Å². The van der Waals surface area contributed by atoms with Gasteiger partial charge < -0.3 is 4.74 Å². The van der Waals surface area contributed by atoms with E-state index in [-0.39, 0.29) is 16.6 Å². The number of alkyl halides is 3. The van der Waals surface area contributed by atoms with E-state index in [4.69, 9.17) is 5.26 Å². The summed E-state index contributed by atoms with van der Waals surface area (Å²) in [6.07, 6.45) is -4.58. The molecule has 16 heavy (non-hydrogen) atoms. The van der Waals surface area contributed by atoms with E-state index in [1.807, 2.05) is 0 Å². The molecule has 0 aliphatic heterocycles. The van der Waals surface area contributed by atoms with Crippen LogP contribution in [-0.2, 0) is 12.6 Å². The second-order valence-electron chi connectivity index (χ2n) is 2.99. The molecule has 0 heterocycles. The van der Waals surface area contributed by atoms with E-state index in [0.717, 1.165) is 6.07 Å². The van der Waals surface area contributed by atoms with Crippen LogP contribution in [0.5, 0.6) is 5.75 Å². The number of hydrogen-bond donors (Lipinski definition) is 0. The maximum absolute atomic E-state index is 12.7. The number of methoxy groups -OCH3 is 1. The number of halogens is 4. The molecule has 1 aromatic rings. The average Bonchev–Trinajstić information content (AvgIpc) is 2.16. The molecule has 6 heteroatoms. The highest BCUT2D eigenvalue weighted by atomic mass is 79.9. The largest absolute Gasteiger partial charge is 0.495 e. The Morgan fingerprint density at radius 2 is 2.06 bits per heavy atom. The molecule has 0 spiro atoms. The van der Waals surface area contributed by atoms with Gasteiger partial charge in [-0.1, -0.05) is 0 Å².